The molecule has 0 saturated carbocycles. The molecule has 0 atom stereocenters. The maximum Gasteiger partial charge on any atom is 0.0877 e. The van der Waals surface area contributed by atoms with Crippen LogP contribution in [-0.4, -0.2) is 9.97 Å². The van der Waals surface area contributed by atoms with Crippen LogP contribution in [0, 0.1) is 0 Å². The molecule has 1 aliphatic rings. The minimum atomic E-state index is 0.957. The second kappa shape index (κ2) is 3.61. The number of nitrogens with zero attached hydrogens (tertiary/aromatic N) is 2. The fourth-order valence-corrected chi connectivity index (χ4v) is 1.79. The van der Waals surface area contributed by atoms with E-state index in [-0.39, 0.29) is 0 Å². The van der Waals surface area contributed by atoms with E-state index in [1.54, 1.807) is 0 Å². The Bertz CT molecular complexity index is 467. The number of hydrogen-bond acceptors (Lipinski definition) is 2. The Hall–Kier alpha value is -1.44. The third-order valence-corrected chi connectivity index (χ3v) is 3.11. The van der Waals surface area contributed by atoms with Crippen molar-refractivity contribution in [2.75, 3.05) is 0 Å². The SMILES string of the molecule is CC=C(C)c1cnc2c(n1)CC(C)=C2C. The van der Waals surface area contributed by atoms with Crippen LogP contribution in [0.4, 0.5) is 0 Å². The third kappa shape index (κ3) is 1.60. The Morgan fingerprint density at radius 3 is 2.80 bits per heavy atom. The van der Waals surface area contributed by atoms with Gasteiger partial charge in [0.15, 0.2) is 0 Å². The van der Waals surface area contributed by atoms with Crippen LogP contribution in [0.5, 0.6) is 0 Å². The van der Waals surface area contributed by atoms with Crippen molar-refractivity contribution in [2.24, 2.45) is 0 Å². The molecule has 0 unspecified atom stereocenters. The normalized spacial score (nSPS) is 15.9. The Morgan fingerprint density at radius 2 is 2.13 bits per heavy atom. The van der Waals surface area contributed by atoms with Gasteiger partial charge < -0.3 is 0 Å². The van der Waals surface area contributed by atoms with E-state index in [0.717, 1.165) is 23.5 Å². The molecule has 2 heteroatoms. The summed E-state index contributed by atoms with van der Waals surface area (Å²) in [5.74, 6) is 0. The number of aromatic nitrogens is 2. The summed E-state index contributed by atoms with van der Waals surface area (Å²) >= 11 is 0. The summed E-state index contributed by atoms with van der Waals surface area (Å²) in [4.78, 5) is 9.15. The van der Waals surface area contributed by atoms with Gasteiger partial charge >= 0.3 is 0 Å². The van der Waals surface area contributed by atoms with Crippen molar-refractivity contribution in [3.8, 4) is 0 Å². The van der Waals surface area contributed by atoms with Crippen molar-refractivity contribution in [3.63, 3.8) is 0 Å². The predicted molar refractivity (Wildman–Crippen MR) is 63.3 cm³/mol. The van der Waals surface area contributed by atoms with Gasteiger partial charge in [-0.3, -0.25) is 4.98 Å². The minimum Gasteiger partial charge on any atom is -0.252 e. The van der Waals surface area contributed by atoms with Crippen molar-refractivity contribution in [1.82, 2.24) is 9.97 Å². The fraction of sp³-hybridized carbons (Fsp3) is 0.385. The molecule has 0 bridgehead atoms. The zero-order valence-electron chi connectivity index (χ0n) is 9.76. The lowest BCUT2D eigenvalue weighted by Crippen LogP contribution is -1.97. The van der Waals surface area contributed by atoms with E-state index in [2.05, 4.69) is 36.8 Å². The summed E-state index contributed by atoms with van der Waals surface area (Å²) < 4.78 is 0. The maximum absolute atomic E-state index is 4.65. The summed E-state index contributed by atoms with van der Waals surface area (Å²) in [6.45, 7) is 8.37. The Morgan fingerprint density at radius 1 is 1.40 bits per heavy atom. The lowest BCUT2D eigenvalue weighted by Gasteiger charge is -2.03. The fourth-order valence-electron chi connectivity index (χ4n) is 1.79. The third-order valence-electron chi connectivity index (χ3n) is 3.11. The van der Waals surface area contributed by atoms with Gasteiger partial charge in [0.2, 0.25) is 0 Å². The lowest BCUT2D eigenvalue weighted by atomic mass is 10.2. The molecule has 0 aromatic carbocycles. The van der Waals surface area contributed by atoms with E-state index in [4.69, 9.17) is 0 Å². The zero-order valence-corrected chi connectivity index (χ0v) is 9.76. The second-order valence-electron chi connectivity index (χ2n) is 4.10. The average Bonchev–Trinajstić information content (AvgIpc) is 2.53. The Labute approximate surface area is 90.8 Å². The highest BCUT2D eigenvalue weighted by Crippen LogP contribution is 2.29. The van der Waals surface area contributed by atoms with Crippen LogP contribution in [0.2, 0.25) is 0 Å². The van der Waals surface area contributed by atoms with Crippen molar-refractivity contribution < 1.29 is 0 Å². The minimum absolute atomic E-state index is 0.957. The highest BCUT2D eigenvalue weighted by atomic mass is 14.8. The molecule has 0 N–H and O–H groups in total. The van der Waals surface area contributed by atoms with Crippen LogP contribution >= 0.6 is 0 Å². The first-order chi connectivity index (χ1) is 7.13. The Kier molecular flexibility index (Phi) is 2.43. The smallest absolute Gasteiger partial charge is 0.0877 e. The van der Waals surface area contributed by atoms with Crippen LogP contribution < -0.4 is 0 Å². The van der Waals surface area contributed by atoms with Crippen LogP contribution in [0.1, 0.15) is 44.8 Å². The Balaban J connectivity index is 2.47. The predicted octanol–water partition coefficient (Wildman–Crippen LogP) is 3.25. The second-order valence-corrected chi connectivity index (χ2v) is 4.10. The van der Waals surface area contributed by atoms with E-state index in [9.17, 15) is 0 Å². The molecule has 0 aliphatic heterocycles. The van der Waals surface area contributed by atoms with Crippen LogP contribution in [0.25, 0.3) is 11.1 Å². The molecule has 0 fully saturated rings. The zero-order chi connectivity index (χ0) is 11.0. The van der Waals surface area contributed by atoms with Crippen LogP contribution in [0.3, 0.4) is 0 Å². The first-order valence-electron chi connectivity index (χ1n) is 5.29. The summed E-state index contributed by atoms with van der Waals surface area (Å²) in [6.07, 6.45) is 4.90. The first kappa shape index (κ1) is 10.1. The molecule has 0 radical (unpaired) electrons. The van der Waals surface area contributed by atoms with Crippen molar-refractivity contribution in [3.05, 3.63) is 34.9 Å². The maximum atomic E-state index is 4.65. The standard InChI is InChI=1S/C13H16N2/c1-5-8(2)12-7-14-13-10(4)9(3)6-11(13)15-12/h5,7H,6H2,1-4H3. The molecule has 1 aliphatic carbocycles. The lowest BCUT2D eigenvalue weighted by molar-refractivity contribution is 1.02. The molecule has 15 heavy (non-hydrogen) atoms. The molecule has 2 rings (SSSR count). The van der Waals surface area contributed by atoms with Gasteiger partial charge in [-0.15, -0.1) is 0 Å². The van der Waals surface area contributed by atoms with Gasteiger partial charge in [-0.25, -0.2) is 4.98 Å². The molecule has 2 nitrogen and oxygen atoms in total. The number of hydrogen-bond donors (Lipinski definition) is 0. The summed E-state index contributed by atoms with van der Waals surface area (Å²) in [5, 5.41) is 0. The highest BCUT2D eigenvalue weighted by Gasteiger charge is 2.18. The molecule has 0 spiro atoms. The molecule has 0 saturated heterocycles. The van der Waals surface area contributed by atoms with Gasteiger partial charge in [-0.2, -0.15) is 0 Å². The molecule has 1 aromatic rings. The van der Waals surface area contributed by atoms with Crippen LogP contribution in [0.15, 0.2) is 17.8 Å². The average molecular weight is 200 g/mol. The largest absolute Gasteiger partial charge is 0.252 e. The van der Waals surface area contributed by atoms with Gasteiger partial charge in [0.1, 0.15) is 0 Å². The van der Waals surface area contributed by atoms with Gasteiger partial charge in [0.05, 0.1) is 23.3 Å². The van der Waals surface area contributed by atoms with E-state index < -0.39 is 0 Å². The van der Waals surface area contributed by atoms with Crippen molar-refractivity contribution in [1.29, 1.82) is 0 Å². The quantitative estimate of drug-likeness (QED) is 0.695. The molecular formula is C13H16N2. The summed E-state index contributed by atoms with van der Waals surface area (Å²) in [6, 6.07) is 0. The highest BCUT2D eigenvalue weighted by molar-refractivity contribution is 5.71. The molecule has 1 aromatic heterocycles. The van der Waals surface area contributed by atoms with E-state index in [1.807, 2.05) is 13.1 Å². The van der Waals surface area contributed by atoms with Crippen molar-refractivity contribution >= 4 is 11.1 Å². The molecule has 1 heterocycles. The van der Waals surface area contributed by atoms with Gasteiger partial charge in [-0.05, 0) is 38.8 Å². The van der Waals surface area contributed by atoms with E-state index >= 15 is 0 Å². The van der Waals surface area contributed by atoms with Gasteiger partial charge in [0, 0.05) is 6.42 Å². The van der Waals surface area contributed by atoms with Crippen LogP contribution in [-0.2, 0) is 6.42 Å². The number of rotatable bonds is 1. The van der Waals surface area contributed by atoms with Gasteiger partial charge in [-0.1, -0.05) is 11.6 Å². The van der Waals surface area contributed by atoms with E-state index in [0.29, 0.717) is 0 Å². The topological polar surface area (TPSA) is 25.8 Å². The van der Waals surface area contributed by atoms with E-state index in [1.165, 1.54) is 16.7 Å². The summed E-state index contributed by atoms with van der Waals surface area (Å²) in [5.41, 5.74) is 7.08. The molecular weight excluding hydrogens is 184 g/mol. The number of allylic oxidation sites excluding steroid dienone is 4. The first-order valence-corrected chi connectivity index (χ1v) is 5.29. The monoisotopic (exact) mass is 200 g/mol. The van der Waals surface area contributed by atoms with Gasteiger partial charge in [0.25, 0.3) is 0 Å². The molecule has 0 amide bonds. The number of fused-ring (bicyclic) bond motifs is 1. The summed E-state index contributed by atoms with van der Waals surface area (Å²) in [7, 11) is 0. The molecule has 78 valence electrons. The van der Waals surface area contributed by atoms with Crippen molar-refractivity contribution in [2.45, 2.75) is 34.1 Å².